The van der Waals surface area contributed by atoms with Gasteiger partial charge in [-0.2, -0.15) is 13.2 Å². The van der Waals surface area contributed by atoms with Gasteiger partial charge >= 0.3 is 11.9 Å². The van der Waals surface area contributed by atoms with Gasteiger partial charge in [-0.15, -0.1) is 0 Å². The molecule has 0 spiro atoms. The van der Waals surface area contributed by atoms with Crippen molar-refractivity contribution in [1.82, 2.24) is 23.8 Å². The normalized spacial score (nSPS) is 11.7. The van der Waals surface area contributed by atoms with Crippen LogP contribution in [0.2, 0.25) is 0 Å². The monoisotopic (exact) mass is 567 g/mol. The third kappa shape index (κ3) is 6.13. The third-order valence-corrected chi connectivity index (χ3v) is 6.96. The van der Waals surface area contributed by atoms with E-state index < -0.39 is 23.0 Å². The highest BCUT2D eigenvalue weighted by atomic mass is 32.2. The lowest BCUT2D eigenvalue weighted by molar-refractivity contribution is -0.137. The minimum atomic E-state index is -4.38. The van der Waals surface area contributed by atoms with E-state index in [0.717, 1.165) is 28.2 Å². The van der Waals surface area contributed by atoms with Crippen molar-refractivity contribution >= 4 is 23.1 Å². The topological polar surface area (TPSA) is 93.9 Å². The summed E-state index contributed by atoms with van der Waals surface area (Å²) < 4.78 is 50.2. The number of halogens is 3. The first-order chi connectivity index (χ1) is 19.2. The Bertz CT molecular complexity index is 1730. The third-order valence-electron chi connectivity index (χ3n) is 6.17. The average Bonchev–Trinajstić information content (AvgIpc) is 3.37. The summed E-state index contributed by atoms with van der Waals surface area (Å²) in [7, 11) is 0. The molecule has 0 bridgehead atoms. The van der Waals surface area contributed by atoms with Crippen molar-refractivity contribution in [2.75, 3.05) is 0 Å². The van der Waals surface area contributed by atoms with Crippen molar-refractivity contribution in [1.29, 1.82) is 0 Å². The lowest BCUT2D eigenvalue weighted by Gasteiger charge is -2.10. The van der Waals surface area contributed by atoms with Gasteiger partial charge in [0.1, 0.15) is 11.5 Å². The van der Waals surface area contributed by atoms with Gasteiger partial charge in [0.25, 0.3) is 5.56 Å². The first kappa shape index (κ1) is 27.3. The van der Waals surface area contributed by atoms with Gasteiger partial charge in [0.2, 0.25) is 0 Å². The molecule has 0 atom stereocenters. The van der Waals surface area contributed by atoms with Crippen LogP contribution in [0.1, 0.15) is 23.6 Å². The highest BCUT2D eigenvalue weighted by Crippen LogP contribution is 2.31. The van der Waals surface area contributed by atoms with Gasteiger partial charge in [0, 0.05) is 18.0 Å². The summed E-state index contributed by atoms with van der Waals surface area (Å²) in [6.45, 7) is 3.32. The van der Waals surface area contributed by atoms with E-state index in [1.807, 2.05) is 43.3 Å². The molecule has 3 aromatic carbocycles. The number of aromatic amines is 1. The molecule has 40 heavy (non-hydrogen) atoms. The highest BCUT2D eigenvalue weighted by Gasteiger charge is 2.30. The molecular weight excluding hydrogens is 543 g/mol. The van der Waals surface area contributed by atoms with Gasteiger partial charge in [0.15, 0.2) is 11.2 Å². The number of ether oxygens (including phenoxy) is 1. The highest BCUT2D eigenvalue weighted by molar-refractivity contribution is 7.97. The lowest BCUT2D eigenvalue weighted by Crippen LogP contribution is -2.31. The van der Waals surface area contributed by atoms with E-state index in [1.54, 1.807) is 23.0 Å². The smallest absolute Gasteiger partial charge is 0.416 e. The molecule has 5 rings (SSSR count). The standard InChI is InChI=1S/C28H24F3N5O3S/c1-2-35-17-32-25-24(35)26(37)34-27(38)36(25)16-19-5-3-18(4-6-19)15-33-40-23-13-11-22(12-14-23)39-21-9-7-20(8-10-21)28(29,30)31/h3-14,17,33H,2,15-16H2,1H3,(H,34,37,38). The fourth-order valence-electron chi connectivity index (χ4n) is 4.08. The Labute approximate surface area is 230 Å². The number of fused-ring (bicyclic) bond motifs is 1. The maximum atomic E-state index is 12.7. The Hall–Kier alpha value is -4.29. The molecule has 0 unspecified atom stereocenters. The Kier molecular flexibility index (Phi) is 7.81. The number of aryl methyl sites for hydroxylation is 1. The molecule has 0 aliphatic rings. The summed E-state index contributed by atoms with van der Waals surface area (Å²) >= 11 is 1.43. The molecule has 0 saturated carbocycles. The van der Waals surface area contributed by atoms with Crippen LogP contribution in [0, 0.1) is 0 Å². The van der Waals surface area contributed by atoms with Crippen LogP contribution in [0.15, 0.2) is 93.6 Å². The van der Waals surface area contributed by atoms with Crippen LogP contribution < -0.4 is 20.7 Å². The number of nitrogens with zero attached hydrogens (tertiary/aromatic N) is 3. The number of imidazole rings is 1. The molecule has 2 N–H and O–H groups in total. The number of rotatable bonds is 9. The summed E-state index contributed by atoms with van der Waals surface area (Å²) in [5.41, 5.74) is 0.979. The van der Waals surface area contributed by atoms with Crippen LogP contribution in [-0.4, -0.2) is 19.1 Å². The molecule has 2 aromatic heterocycles. The molecule has 0 saturated heterocycles. The zero-order valence-electron chi connectivity index (χ0n) is 21.2. The summed E-state index contributed by atoms with van der Waals surface area (Å²) in [6.07, 6.45) is -2.83. The maximum Gasteiger partial charge on any atom is 0.416 e. The van der Waals surface area contributed by atoms with Gasteiger partial charge in [-0.1, -0.05) is 24.3 Å². The predicted molar refractivity (Wildman–Crippen MR) is 146 cm³/mol. The van der Waals surface area contributed by atoms with Crippen molar-refractivity contribution in [3.63, 3.8) is 0 Å². The van der Waals surface area contributed by atoms with Gasteiger partial charge < -0.3 is 9.30 Å². The van der Waals surface area contributed by atoms with E-state index in [9.17, 15) is 22.8 Å². The molecule has 0 fully saturated rings. The van der Waals surface area contributed by atoms with Crippen LogP contribution >= 0.6 is 11.9 Å². The number of aromatic nitrogens is 4. The zero-order valence-corrected chi connectivity index (χ0v) is 22.1. The van der Waals surface area contributed by atoms with Gasteiger partial charge in [-0.25, -0.2) is 9.78 Å². The van der Waals surface area contributed by atoms with E-state index in [1.165, 1.54) is 28.6 Å². The molecule has 2 heterocycles. The van der Waals surface area contributed by atoms with Crippen LogP contribution in [-0.2, 0) is 25.8 Å². The van der Waals surface area contributed by atoms with E-state index >= 15 is 0 Å². The summed E-state index contributed by atoms with van der Waals surface area (Å²) in [5, 5.41) is 0. The van der Waals surface area contributed by atoms with Gasteiger partial charge in [-0.05, 0) is 78.5 Å². The molecule has 8 nitrogen and oxygen atoms in total. The Morgan fingerprint density at radius 1 is 0.925 bits per heavy atom. The molecule has 0 amide bonds. The second-order valence-electron chi connectivity index (χ2n) is 8.88. The van der Waals surface area contributed by atoms with Crippen LogP contribution in [0.25, 0.3) is 11.2 Å². The first-order valence-corrected chi connectivity index (χ1v) is 13.1. The average molecular weight is 568 g/mol. The summed E-state index contributed by atoms with van der Waals surface area (Å²) in [6, 6.07) is 19.5. The van der Waals surface area contributed by atoms with E-state index in [0.29, 0.717) is 35.8 Å². The molecule has 12 heteroatoms. The molecule has 206 valence electrons. The van der Waals surface area contributed by atoms with Gasteiger partial charge in [0.05, 0.1) is 18.4 Å². The van der Waals surface area contributed by atoms with Crippen molar-refractivity contribution < 1.29 is 17.9 Å². The summed E-state index contributed by atoms with van der Waals surface area (Å²) in [5.74, 6) is 0.834. The molecule has 5 aromatic rings. The van der Waals surface area contributed by atoms with Crippen molar-refractivity contribution in [3.8, 4) is 11.5 Å². The largest absolute Gasteiger partial charge is 0.457 e. The second-order valence-corrected chi connectivity index (χ2v) is 9.85. The fraction of sp³-hybridized carbons (Fsp3) is 0.179. The Morgan fingerprint density at radius 2 is 1.55 bits per heavy atom. The van der Waals surface area contributed by atoms with Crippen molar-refractivity contribution in [2.24, 2.45) is 0 Å². The minimum absolute atomic E-state index is 0.274. The molecular formula is C28H24F3N5O3S. The number of hydrogen-bond donors (Lipinski definition) is 2. The maximum absolute atomic E-state index is 12.7. The van der Waals surface area contributed by atoms with E-state index in [2.05, 4.69) is 14.7 Å². The summed E-state index contributed by atoms with van der Waals surface area (Å²) in [4.78, 5) is 32.3. The Morgan fingerprint density at radius 3 is 2.17 bits per heavy atom. The molecule has 0 aliphatic carbocycles. The SMILES string of the molecule is CCn1cnc2c1c(=O)[nH]c(=O)n2Cc1ccc(CNSc2ccc(Oc3ccc(C(F)(F)F)cc3)cc2)cc1. The number of benzene rings is 3. The molecule has 0 radical (unpaired) electrons. The first-order valence-electron chi connectivity index (χ1n) is 12.3. The van der Waals surface area contributed by atoms with Gasteiger partial charge in [-0.3, -0.25) is 19.1 Å². The molecule has 0 aliphatic heterocycles. The predicted octanol–water partition coefficient (Wildman–Crippen LogP) is 5.56. The lowest BCUT2D eigenvalue weighted by atomic mass is 10.1. The van der Waals surface area contributed by atoms with Crippen LogP contribution in [0.5, 0.6) is 11.5 Å². The van der Waals surface area contributed by atoms with E-state index in [-0.39, 0.29) is 6.54 Å². The fourth-order valence-corrected chi connectivity index (χ4v) is 4.76. The van der Waals surface area contributed by atoms with Crippen LogP contribution in [0.4, 0.5) is 13.2 Å². The van der Waals surface area contributed by atoms with E-state index in [4.69, 9.17) is 4.74 Å². The number of hydrogen-bond acceptors (Lipinski definition) is 6. The Balaban J connectivity index is 1.15. The zero-order chi connectivity index (χ0) is 28.3. The van der Waals surface area contributed by atoms with Crippen LogP contribution in [0.3, 0.4) is 0 Å². The van der Waals surface area contributed by atoms with Crippen molar-refractivity contribution in [2.45, 2.75) is 37.6 Å². The quantitative estimate of drug-likeness (QED) is 0.227. The number of nitrogens with one attached hydrogen (secondary N) is 2. The van der Waals surface area contributed by atoms with Crippen molar-refractivity contribution in [3.05, 3.63) is 117 Å². The number of H-pyrrole nitrogens is 1. The number of alkyl halides is 3. The minimum Gasteiger partial charge on any atom is -0.457 e. The second kappa shape index (κ2) is 11.4.